The van der Waals surface area contributed by atoms with Crippen molar-refractivity contribution in [2.45, 2.75) is 37.6 Å². The third-order valence-electron chi connectivity index (χ3n) is 5.66. The minimum Gasteiger partial charge on any atom is -0.349 e. The summed E-state index contributed by atoms with van der Waals surface area (Å²) >= 11 is 6.26. The Morgan fingerprint density at radius 2 is 1.69 bits per heavy atom. The summed E-state index contributed by atoms with van der Waals surface area (Å²) in [4.78, 5) is 27.2. The zero-order valence-electron chi connectivity index (χ0n) is 18.3. The van der Waals surface area contributed by atoms with Crippen molar-refractivity contribution >= 4 is 33.4 Å². The van der Waals surface area contributed by atoms with Crippen LogP contribution in [0.3, 0.4) is 0 Å². The average molecular weight is 478 g/mol. The number of amides is 2. The number of carbonyl (C=O) groups excluding carboxylic acids is 2. The van der Waals surface area contributed by atoms with Gasteiger partial charge in [0, 0.05) is 37.8 Å². The van der Waals surface area contributed by atoms with Gasteiger partial charge in [0.25, 0.3) is 11.8 Å². The molecule has 1 heterocycles. The first-order valence-corrected chi connectivity index (χ1v) is 12.5. The van der Waals surface area contributed by atoms with Gasteiger partial charge in [-0.2, -0.15) is 4.31 Å². The molecule has 1 fully saturated rings. The van der Waals surface area contributed by atoms with E-state index in [-0.39, 0.29) is 33.3 Å². The highest BCUT2D eigenvalue weighted by Crippen LogP contribution is 2.25. The third kappa shape index (κ3) is 5.31. The molecule has 1 saturated heterocycles. The molecule has 0 unspecified atom stereocenters. The molecule has 1 N–H and O–H groups in total. The number of likely N-dealkylation sites (tertiary alicyclic amines) is 1. The van der Waals surface area contributed by atoms with E-state index in [1.165, 1.54) is 22.5 Å². The molecule has 0 bridgehead atoms. The predicted molar refractivity (Wildman–Crippen MR) is 124 cm³/mol. The molecule has 3 rings (SSSR count). The fourth-order valence-electron chi connectivity index (χ4n) is 3.80. The Balaban J connectivity index is 1.68. The van der Waals surface area contributed by atoms with Gasteiger partial charge in [0.15, 0.2) is 0 Å². The number of sulfonamides is 1. The van der Waals surface area contributed by atoms with Gasteiger partial charge in [0.1, 0.15) is 0 Å². The van der Waals surface area contributed by atoms with Crippen molar-refractivity contribution in [3.05, 3.63) is 64.7 Å². The highest BCUT2D eigenvalue weighted by molar-refractivity contribution is 7.89. The van der Waals surface area contributed by atoms with Gasteiger partial charge < -0.3 is 10.2 Å². The summed E-state index contributed by atoms with van der Waals surface area (Å²) in [6, 6.07) is 13.2. The molecule has 2 aromatic carbocycles. The Kier molecular flexibility index (Phi) is 7.92. The second-order valence-electron chi connectivity index (χ2n) is 7.64. The normalized spacial score (nSPS) is 15.1. The van der Waals surface area contributed by atoms with Gasteiger partial charge in [-0.25, -0.2) is 8.42 Å². The molecule has 0 spiro atoms. The van der Waals surface area contributed by atoms with E-state index in [0.29, 0.717) is 44.6 Å². The maximum absolute atomic E-state index is 13.1. The maximum atomic E-state index is 13.1. The van der Waals surface area contributed by atoms with E-state index in [0.717, 1.165) is 0 Å². The highest BCUT2D eigenvalue weighted by Gasteiger charge is 2.28. The van der Waals surface area contributed by atoms with E-state index in [4.69, 9.17) is 11.6 Å². The van der Waals surface area contributed by atoms with Gasteiger partial charge in [-0.15, -0.1) is 0 Å². The van der Waals surface area contributed by atoms with E-state index in [1.54, 1.807) is 30.9 Å². The fourth-order valence-corrected chi connectivity index (χ4v) is 5.48. The molecule has 7 nitrogen and oxygen atoms in total. The Morgan fingerprint density at radius 1 is 1.06 bits per heavy atom. The SMILES string of the molecule is CCN(CC)S(=O)(=O)c1ccc(Cl)c(C(=O)N2CCC(NC(=O)c3ccccc3)CC2)c1. The first-order valence-electron chi connectivity index (χ1n) is 10.7. The van der Waals surface area contributed by atoms with Crippen molar-refractivity contribution in [3.63, 3.8) is 0 Å². The van der Waals surface area contributed by atoms with Crippen LogP contribution >= 0.6 is 11.6 Å². The van der Waals surface area contributed by atoms with Crippen molar-refractivity contribution < 1.29 is 18.0 Å². The number of halogens is 1. The molecular weight excluding hydrogens is 450 g/mol. The number of nitrogens with one attached hydrogen (secondary N) is 1. The van der Waals surface area contributed by atoms with E-state index < -0.39 is 10.0 Å². The van der Waals surface area contributed by atoms with Crippen molar-refractivity contribution in [2.75, 3.05) is 26.2 Å². The van der Waals surface area contributed by atoms with Gasteiger partial charge >= 0.3 is 0 Å². The van der Waals surface area contributed by atoms with Crippen LogP contribution in [0.1, 0.15) is 47.4 Å². The summed E-state index contributed by atoms with van der Waals surface area (Å²) in [6.45, 7) is 5.11. The summed E-state index contributed by atoms with van der Waals surface area (Å²) in [5, 5.41) is 3.23. The molecule has 0 aliphatic carbocycles. The van der Waals surface area contributed by atoms with Crippen molar-refractivity contribution in [2.24, 2.45) is 0 Å². The molecule has 2 amide bonds. The van der Waals surface area contributed by atoms with E-state index in [2.05, 4.69) is 5.32 Å². The number of piperidine rings is 1. The van der Waals surface area contributed by atoms with Gasteiger partial charge in [0.05, 0.1) is 15.5 Å². The lowest BCUT2D eigenvalue weighted by Crippen LogP contribution is -2.46. The van der Waals surface area contributed by atoms with Gasteiger partial charge in [0.2, 0.25) is 10.0 Å². The van der Waals surface area contributed by atoms with Gasteiger partial charge in [-0.3, -0.25) is 9.59 Å². The number of rotatable bonds is 7. The Labute approximate surface area is 194 Å². The number of hydrogen-bond acceptors (Lipinski definition) is 4. The van der Waals surface area contributed by atoms with Crippen LogP contribution in [0.5, 0.6) is 0 Å². The summed E-state index contributed by atoms with van der Waals surface area (Å²) in [5.74, 6) is -0.438. The smallest absolute Gasteiger partial charge is 0.255 e. The number of carbonyl (C=O) groups is 2. The van der Waals surface area contributed by atoms with E-state index in [9.17, 15) is 18.0 Å². The predicted octanol–water partition coefficient (Wildman–Crippen LogP) is 3.41. The molecule has 2 aromatic rings. The van der Waals surface area contributed by atoms with Crippen LogP contribution < -0.4 is 5.32 Å². The lowest BCUT2D eigenvalue weighted by atomic mass is 10.0. The van der Waals surface area contributed by atoms with Crippen LogP contribution in [0.25, 0.3) is 0 Å². The minimum atomic E-state index is -3.70. The highest BCUT2D eigenvalue weighted by atomic mass is 35.5. The topological polar surface area (TPSA) is 86.8 Å². The second-order valence-corrected chi connectivity index (χ2v) is 9.98. The molecule has 1 aliphatic rings. The number of hydrogen-bond donors (Lipinski definition) is 1. The van der Waals surface area contributed by atoms with Crippen LogP contribution in [-0.2, 0) is 10.0 Å². The van der Waals surface area contributed by atoms with Crippen molar-refractivity contribution in [3.8, 4) is 0 Å². The largest absolute Gasteiger partial charge is 0.349 e. The van der Waals surface area contributed by atoms with Crippen molar-refractivity contribution in [1.29, 1.82) is 0 Å². The van der Waals surface area contributed by atoms with Crippen LogP contribution in [0.2, 0.25) is 5.02 Å². The van der Waals surface area contributed by atoms with E-state index >= 15 is 0 Å². The Morgan fingerprint density at radius 3 is 2.28 bits per heavy atom. The lowest BCUT2D eigenvalue weighted by Gasteiger charge is -2.32. The molecular formula is C23H28ClN3O4S. The minimum absolute atomic E-state index is 0.0309. The third-order valence-corrected chi connectivity index (χ3v) is 8.04. The number of nitrogens with zero attached hydrogens (tertiary/aromatic N) is 2. The zero-order chi connectivity index (χ0) is 23.3. The first kappa shape index (κ1) is 24.2. The van der Waals surface area contributed by atoms with Crippen LogP contribution in [0.4, 0.5) is 0 Å². The van der Waals surface area contributed by atoms with Gasteiger partial charge in [-0.1, -0.05) is 43.6 Å². The van der Waals surface area contributed by atoms with Crippen LogP contribution in [0, 0.1) is 0 Å². The molecule has 0 radical (unpaired) electrons. The molecule has 32 heavy (non-hydrogen) atoms. The van der Waals surface area contributed by atoms with Crippen LogP contribution in [0.15, 0.2) is 53.4 Å². The molecule has 0 saturated carbocycles. The number of benzene rings is 2. The lowest BCUT2D eigenvalue weighted by molar-refractivity contribution is 0.0698. The van der Waals surface area contributed by atoms with Gasteiger partial charge in [-0.05, 0) is 43.2 Å². The fraction of sp³-hybridized carbons (Fsp3) is 0.391. The first-order chi connectivity index (χ1) is 15.3. The van der Waals surface area contributed by atoms with E-state index in [1.807, 2.05) is 18.2 Å². The summed E-state index contributed by atoms with van der Waals surface area (Å²) in [7, 11) is -3.70. The molecule has 0 aromatic heterocycles. The monoisotopic (exact) mass is 477 g/mol. The summed E-state index contributed by atoms with van der Waals surface area (Å²) in [6.07, 6.45) is 1.22. The summed E-state index contributed by atoms with van der Waals surface area (Å²) < 4.78 is 27.0. The molecule has 172 valence electrons. The second kappa shape index (κ2) is 10.5. The quantitative estimate of drug-likeness (QED) is 0.662. The standard InChI is InChI=1S/C23H28ClN3O4S/c1-3-27(4-2)32(30,31)19-10-11-21(24)20(16-19)23(29)26-14-12-18(13-15-26)25-22(28)17-8-6-5-7-9-17/h5-11,16,18H,3-4,12-15H2,1-2H3,(H,25,28). The molecule has 1 aliphatic heterocycles. The maximum Gasteiger partial charge on any atom is 0.255 e. The molecule has 9 heteroatoms. The zero-order valence-corrected chi connectivity index (χ0v) is 19.8. The average Bonchev–Trinajstić information content (AvgIpc) is 2.80. The molecule has 0 atom stereocenters. The Hall–Kier alpha value is -2.42. The van der Waals surface area contributed by atoms with Crippen LogP contribution in [-0.4, -0.2) is 61.7 Å². The van der Waals surface area contributed by atoms with Crippen molar-refractivity contribution in [1.82, 2.24) is 14.5 Å². The Bertz CT molecular complexity index is 1060. The summed E-state index contributed by atoms with van der Waals surface area (Å²) in [5.41, 5.74) is 0.774.